The van der Waals surface area contributed by atoms with Crippen LogP contribution in [0.1, 0.15) is 45.7 Å². The van der Waals surface area contributed by atoms with Gasteiger partial charge in [-0.25, -0.2) is 0 Å². The lowest BCUT2D eigenvalue weighted by molar-refractivity contribution is -0.121. The van der Waals surface area contributed by atoms with Gasteiger partial charge in [-0.2, -0.15) is 0 Å². The molecule has 19 heavy (non-hydrogen) atoms. The molecular weight excluding hydrogens is 260 g/mol. The summed E-state index contributed by atoms with van der Waals surface area (Å²) in [6.45, 7) is 8.33. The van der Waals surface area contributed by atoms with E-state index in [1.807, 2.05) is 45.0 Å². The van der Waals surface area contributed by atoms with E-state index in [2.05, 4.69) is 17.6 Å². The summed E-state index contributed by atoms with van der Waals surface area (Å²) in [7, 11) is 0. The molecule has 3 nitrogen and oxygen atoms in total. The summed E-state index contributed by atoms with van der Waals surface area (Å²) in [6.07, 6.45) is 0.921. The van der Waals surface area contributed by atoms with Gasteiger partial charge in [0.25, 0.3) is 0 Å². The molecule has 0 heterocycles. The average molecular weight is 283 g/mol. The van der Waals surface area contributed by atoms with Crippen molar-refractivity contribution in [1.29, 1.82) is 0 Å². The van der Waals surface area contributed by atoms with Gasteiger partial charge in [0, 0.05) is 16.6 Å². The molecule has 106 valence electrons. The first kappa shape index (κ1) is 16.0. The maximum absolute atomic E-state index is 11.8. The Balaban J connectivity index is 2.54. The Morgan fingerprint density at radius 1 is 1.26 bits per heavy atom. The Bertz CT molecular complexity index is 409. The van der Waals surface area contributed by atoms with E-state index >= 15 is 0 Å². The number of nitrogens with one attached hydrogen (secondary N) is 2. The number of carbonyl (C=O) groups is 1. The van der Waals surface area contributed by atoms with Crippen LogP contribution in [0.4, 0.5) is 0 Å². The van der Waals surface area contributed by atoms with Crippen LogP contribution in [-0.2, 0) is 4.79 Å². The highest BCUT2D eigenvalue weighted by atomic mass is 35.5. The second kappa shape index (κ2) is 6.92. The molecule has 1 atom stereocenters. The minimum absolute atomic E-state index is 0.0138. The average Bonchev–Trinajstić information content (AvgIpc) is 2.29. The van der Waals surface area contributed by atoms with Gasteiger partial charge in [-0.05, 0) is 44.9 Å². The van der Waals surface area contributed by atoms with Crippen molar-refractivity contribution in [3.63, 3.8) is 0 Å². The number of rotatable bonds is 5. The van der Waals surface area contributed by atoms with E-state index in [-0.39, 0.29) is 17.5 Å². The van der Waals surface area contributed by atoms with Crippen LogP contribution < -0.4 is 10.6 Å². The molecule has 1 rings (SSSR count). The van der Waals surface area contributed by atoms with Crippen molar-refractivity contribution in [2.45, 2.75) is 45.7 Å². The molecule has 1 unspecified atom stereocenters. The molecule has 0 aliphatic heterocycles. The molecule has 0 saturated heterocycles. The number of carbonyl (C=O) groups excluding carboxylic acids is 1. The first-order valence-electron chi connectivity index (χ1n) is 6.61. The normalized spacial score (nSPS) is 13.1. The maximum Gasteiger partial charge on any atom is 0.234 e. The Labute approximate surface area is 120 Å². The molecule has 0 aromatic heterocycles. The van der Waals surface area contributed by atoms with Gasteiger partial charge in [0.05, 0.1) is 6.54 Å². The zero-order valence-corrected chi connectivity index (χ0v) is 12.8. The van der Waals surface area contributed by atoms with E-state index in [4.69, 9.17) is 11.6 Å². The summed E-state index contributed by atoms with van der Waals surface area (Å²) in [5, 5.41) is 6.94. The van der Waals surface area contributed by atoms with Gasteiger partial charge >= 0.3 is 0 Å². The third-order valence-electron chi connectivity index (χ3n) is 2.70. The van der Waals surface area contributed by atoms with Gasteiger partial charge in [0.1, 0.15) is 0 Å². The number of amides is 1. The van der Waals surface area contributed by atoms with Gasteiger partial charge in [0.2, 0.25) is 5.91 Å². The summed E-state index contributed by atoms with van der Waals surface area (Å²) >= 11 is 5.88. The van der Waals surface area contributed by atoms with Crippen LogP contribution in [0, 0.1) is 0 Å². The number of hydrogen-bond acceptors (Lipinski definition) is 2. The van der Waals surface area contributed by atoms with Crippen LogP contribution in [0.25, 0.3) is 0 Å². The third-order valence-corrected chi connectivity index (χ3v) is 2.96. The van der Waals surface area contributed by atoms with Gasteiger partial charge in [0.15, 0.2) is 0 Å². The standard InChI is InChI=1S/C15H23ClN2O/c1-5-13(11-6-8-12(16)9-7-11)17-10-14(19)18-15(2,3)4/h6-9,13,17H,5,10H2,1-4H3,(H,18,19). The lowest BCUT2D eigenvalue weighted by Crippen LogP contribution is -2.45. The van der Waals surface area contributed by atoms with Crippen LogP contribution in [0.2, 0.25) is 5.02 Å². The summed E-state index contributed by atoms with van der Waals surface area (Å²) < 4.78 is 0. The molecule has 1 aromatic rings. The van der Waals surface area contributed by atoms with Crippen LogP contribution >= 0.6 is 11.6 Å². The monoisotopic (exact) mass is 282 g/mol. The van der Waals surface area contributed by atoms with E-state index in [1.165, 1.54) is 0 Å². The highest BCUT2D eigenvalue weighted by Crippen LogP contribution is 2.18. The molecule has 0 aliphatic carbocycles. The lowest BCUT2D eigenvalue weighted by Gasteiger charge is -2.22. The highest BCUT2D eigenvalue weighted by Gasteiger charge is 2.15. The molecule has 0 saturated carbocycles. The fourth-order valence-electron chi connectivity index (χ4n) is 1.87. The van der Waals surface area contributed by atoms with Crippen molar-refractivity contribution in [3.05, 3.63) is 34.9 Å². The summed E-state index contributed by atoms with van der Waals surface area (Å²) in [4.78, 5) is 11.8. The van der Waals surface area contributed by atoms with Gasteiger partial charge < -0.3 is 10.6 Å². The summed E-state index contributed by atoms with van der Waals surface area (Å²) in [6, 6.07) is 7.89. The second-order valence-electron chi connectivity index (χ2n) is 5.69. The van der Waals surface area contributed by atoms with E-state index in [0.29, 0.717) is 6.54 Å². The predicted octanol–water partition coefficient (Wildman–Crippen LogP) is 3.30. The summed E-state index contributed by atoms with van der Waals surface area (Å²) in [5.41, 5.74) is 0.955. The van der Waals surface area contributed by atoms with Crippen molar-refractivity contribution in [2.75, 3.05) is 6.54 Å². The number of benzene rings is 1. The smallest absolute Gasteiger partial charge is 0.234 e. The zero-order chi connectivity index (χ0) is 14.5. The van der Waals surface area contributed by atoms with Crippen molar-refractivity contribution in [1.82, 2.24) is 10.6 Å². The topological polar surface area (TPSA) is 41.1 Å². The fraction of sp³-hybridized carbons (Fsp3) is 0.533. The van der Waals surface area contributed by atoms with Gasteiger partial charge in [-0.15, -0.1) is 0 Å². The fourth-order valence-corrected chi connectivity index (χ4v) is 2.00. The SMILES string of the molecule is CCC(NCC(=O)NC(C)(C)C)c1ccc(Cl)cc1. The van der Waals surface area contributed by atoms with Gasteiger partial charge in [-0.1, -0.05) is 30.7 Å². The third kappa shape index (κ3) is 6.08. The Morgan fingerprint density at radius 2 is 1.84 bits per heavy atom. The largest absolute Gasteiger partial charge is 0.350 e. The molecule has 0 fully saturated rings. The Morgan fingerprint density at radius 3 is 2.32 bits per heavy atom. The molecule has 4 heteroatoms. The molecule has 0 spiro atoms. The zero-order valence-electron chi connectivity index (χ0n) is 12.1. The molecule has 0 radical (unpaired) electrons. The molecular formula is C15H23ClN2O. The minimum Gasteiger partial charge on any atom is -0.350 e. The maximum atomic E-state index is 11.8. The molecule has 0 bridgehead atoms. The molecule has 0 aliphatic rings. The summed E-state index contributed by atoms with van der Waals surface area (Å²) in [5.74, 6) is 0.0138. The van der Waals surface area contributed by atoms with Crippen molar-refractivity contribution in [2.24, 2.45) is 0 Å². The van der Waals surface area contributed by atoms with Gasteiger partial charge in [-0.3, -0.25) is 4.79 Å². The number of hydrogen-bond donors (Lipinski definition) is 2. The van der Waals surface area contributed by atoms with Crippen LogP contribution in [0.3, 0.4) is 0 Å². The lowest BCUT2D eigenvalue weighted by atomic mass is 10.0. The van der Waals surface area contributed by atoms with Crippen LogP contribution in [0.5, 0.6) is 0 Å². The van der Waals surface area contributed by atoms with E-state index in [1.54, 1.807) is 0 Å². The van der Waals surface area contributed by atoms with Crippen molar-refractivity contribution < 1.29 is 4.79 Å². The molecule has 1 amide bonds. The van der Waals surface area contributed by atoms with E-state index < -0.39 is 0 Å². The molecule has 1 aromatic carbocycles. The van der Waals surface area contributed by atoms with Crippen LogP contribution in [0.15, 0.2) is 24.3 Å². The Kier molecular flexibility index (Phi) is 5.83. The number of halogens is 1. The minimum atomic E-state index is -0.194. The first-order chi connectivity index (χ1) is 8.81. The predicted molar refractivity (Wildman–Crippen MR) is 80.4 cm³/mol. The van der Waals surface area contributed by atoms with Crippen molar-refractivity contribution in [3.8, 4) is 0 Å². The first-order valence-corrected chi connectivity index (χ1v) is 6.99. The van der Waals surface area contributed by atoms with Crippen LogP contribution in [-0.4, -0.2) is 18.0 Å². The van der Waals surface area contributed by atoms with Crippen molar-refractivity contribution >= 4 is 17.5 Å². The van der Waals surface area contributed by atoms with E-state index in [9.17, 15) is 4.79 Å². The van der Waals surface area contributed by atoms with E-state index in [0.717, 1.165) is 17.0 Å². The quantitative estimate of drug-likeness (QED) is 0.870. The molecule has 2 N–H and O–H groups in total. The highest BCUT2D eigenvalue weighted by molar-refractivity contribution is 6.30. The second-order valence-corrected chi connectivity index (χ2v) is 6.13. The Hall–Kier alpha value is -1.06.